The lowest BCUT2D eigenvalue weighted by Crippen LogP contribution is -2.30. The van der Waals surface area contributed by atoms with Crippen LogP contribution in [0.25, 0.3) is 0 Å². The maximum absolute atomic E-state index is 12.9. The Kier molecular flexibility index (Phi) is 6.17. The molecule has 7 nitrogen and oxygen atoms in total. The highest BCUT2D eigenvalue weighted by atomic mass is 32.2. The third kappa shape index (κ3) is 4.49. The zero-order valence-corrected chi connectivity index (χ0v) is 17.9. The molecule has 0 aliphatic carbocycles. The SMILES string of the molecule is CCc1cccc(C)c1NC(=O)Cn1nc(S(=O)(=O)c2cccc(C)c2)ccc1=O. The van der Waals surface area contributed by atoms with Gasteiger partial charge in [0.2, 0.25) is 15.7 Å². The molecule has 2 aromatic carbocycles. The highest BCUT2D eigenvalue weighted by Gasteiger charge is 2.21. The summed E-state index contributed by atoms with van der Waals surface area (Å²) in [6, 6.07) is 14.4. The highest BCUT2D eigenvalue weighted by Crippen LogP contribution is 2.21. The lowest BCUT2D eigenvalue weighted by molar-refractivity contribution is -0.117. The summed E-state index contributed by atoms with van der Waals surface area (Å²) in [7, 11) is -3.92. The molecular formula is C22H23N3O4S. The maximum atomic E-state index is 12.9. The number of carbonyl (C=O) groups is 1. The van der Waals surface area contributed by atoms with Crippen molar-refractivity contribution in [2.75, 3.05) is 5.32 Å². The number of sulfone groups is 1. The minimum atomic E-state index is -3.92. The van der Waals surface area contributed by atoms with Gasteiger partial charge in [0.25, 0.3) is 5.56 Å². The number of aromatic nitrogens is 2. The molecule has 30 heavy (non-hydrogen) atoms. The van der Waals surface area contributed by atoms with Crippen LogP contribution in [0.5, 0.6) is 0 Å². The molecule has 3 rings (SSSR count). The smallest absolute Gasteiger partial charge is 0.267 e. The molecule has 0 radical (unpaired) electrons. The zero-order valence-electron chi connectivity index (χ0n) is 17.0. The fraction of sp³-hybridized carbons (Fsp3) is 0.227. The molecule has 0 aliphatic rings. The number of para-hydroxylation sites is 1. The highest BCUT2D eigenvalue weighted by molar-refractivity contribution is 7.91. The second-order valence-electron chi connectivity index (χ2n) is 7.00. The van der Waals surface area contributed by atoms with E-state index in [4.69, 9.17) is 0 Å². The van der Waals surface area contributed by atoms with Crippen LogP contribution in [0.15, 0.2) is 69.3 Å². The topological polar surface area (TPSA) is 98.1 Å². The van der Waals surface area contributed by atoms with Crippen LogP contribution in [0.2, 0.25) is 0 Å². The molecule has 0 saturated heterocycles. The summed E-state index contributed by atoms with van der Waals surface area (Å²) in [6.07, 6.45) is 0.736. The van der Waals surface area contributed by atoms with E-state index < -0.39 is 27.8 Å². The minimum Gasteiger partial charge on any atom is -0.324 e. The first kappa shape index (κ1) is 21.4. The van der Waals surface area contributed by atoms with Crippen LogP contribution in [0.3, 0.4) is 0 Å². The van der Waals surface area contributed by atoms with Crippen molar-refractivity contribution < 1.29 is 13.2 Å². The van der Waals surface area contributed by atoms with Crippen molar-refractivity contribution in [1.29, 1.82) is 0 Å². The van der Waals surface area contributed by atoms with Gasteiger partial charge in [0, 0.05) is 11.8 Å². The molecule has 8 heteroatoms. The number of amides is 1. The normalized spacial score (nSPS) is 11.3. The van der Waals surface area contributed by atoms with E-state index in [1.165, 1.54) is 12.1 Å². The summed E-state index contributed by atoms with van der Waals surface area (Å²) in [5.41, 5.74) is 2.79. The molecule has 0 bridgehead atoms. The molecule has 3 aromatic rings. The van der Waals surface area contributed by atoms with Crippen LogP contribution in [-0.2, 0) is 27.6 Å². The number of benzene rings is 2. The Morgan fingerprint density at radius 3 is 2.50 bits per heavy atom. The van der Waals surface area contributed by atoms with Crippen molar-refractivity contribution >= 4 is 21.4 Å². The van der Waals surface area contributed by atoms with E-state index >= 15 is 0 Å². The first-order chi connectivity index (χ1) is 14.2. The van der Waals surface area contributed by atoms with Crippen molar-refractivity contribution in [2.24, 2.45) is 0 Å². The first-order valence-corrected chi connectivity index (χ1v) is 11.0. The van der Waals surface area contributed by atoms with Crippen molar-refractivity contribution in [3.05, 3.63) is 81.6 Å². The molecule has 1 amide bonds. The maximum Gasteiger partial charge on any atom is 0.267 e. The van der Waals surface area contributed by atoms with Crippen LogP contribution in [0.1, 0.15) is 23.6 Å². The number of rotatable bonds is 6. The number of nitrogens with one attached hydrogen (secondary N) is 1. The average Bonchev–Trinajstić information content (AvgIpc) is 2.71. The molecule has 0 unspecified atom stereocenters. The van der Waals surface area contributed by atoms with Gasteiger partial charge in [0.15, 0.2) is 5.03 Å². The third-order valence-electron chi connectivity index (χ3n) is 4.72. The van der Waals surface area contributed by atoms with E-state index in [-0.39, 0.29) is 9.92 Å². The number of aryl methyl sites for hydroxylation is 3. The van der Waals surface area contributed by atoms with E-state index in [0.29, 0.717) is 5.69 Å². The summed E-state index contributed by atoms with van der Waals surface area (Å²) in [5, 5.41) is 6.48. The largest absolute Gasteiger partial charge is 0.324 e. The van der Waals surface area contributed by atoms with Crippen LogP contribution in [0.4, 0.5) is 5.69 Å². The van der Waals surface area contributed by atoms with Gasteiger partial charge in [0.05, 0.1) is 4.90 Å². The van der Waals surface area contributed by atoms with Gasteiger partial charge in [-0.05, 0) is 55.2 Å². The van der Waals surface area contributed by atoms with Gasteiger partial charge < -0.3 is 5.32 Å². The molecule has 0 spiro atoms. The van der Waals surface area contributed by atoms with Gasteiger partial charge in [-0.15, -0.1) is 0 Å². The number of hydrogen-bond donors (Lipinski definition) is 1. The Bertz CT molecular complexity index is 1260. The lowest BCUT2D eigenvalue weighted by atomic mass is 10.1. The van der Waals surface area contributed by atoms with Crippen molar-refractivity contribution in [1.82, 2.24) is 9.78 Å². The standard InChI is InChI=1S/C22H23N3O4S/c1-4-17-9-6-8-16(3)22(17)23-19(26)14-25-21(27)12-11-20(24-25)30(28,29)18-10-5-7-15(2)13-18/h5-13H,4,14H2,1-3H3,(H,23,26). The van der Waals surface area contributed by atoms with E-state index in [2.05, 4.69) is 10.4 Å². The van der Waals surface area contributed by atoms with Gasteiger partial charge >= 0.3 is 0 Å². The third-order valence-corrected chi connectivity index (χ3v) is 6.36. The van der Waals surface area contributed by atoms with Crippen LogP contribution >= 0.6 is 0 Å². The molecule has 1 aromatic heterocycles. The van der Waals surface area contributed by atoms with Gasteiger partial charge in [-0.25, -0.2) is 13.1 Å². The number of nitrogens with zero attached hydrogens (tertiary/aromatic N) is 2. The van der Waals surface area contributed by atoms with Crippen LogP contribution in [0, 0.1) is 13.8 Å². The second-order valence-corrected chi connectivity index (χ2v) is 8.89. The zero-order chi connectivity index (χ0) is 21.9. The van der Waals surface area contributed by atoms with Crippen molar-refractivity contribution in [2.45, 2.75) is 43.7 Å². The van der Waals surface area contributed by atoms with Crippen molar-refractivity contribution in [3.8, 4) is 0 Å². The molecule has 0 aliphatic heterocycles. The van der Waals surface area contributed by atoms with Crippen LogP contribution in [-0.4, -0.2) is 24.1 Å². The van der Waals surface area contributed by atoms with Crippen molar-refractivity contribution in [3.63, 3.8) is 0 Å². The Morgan fingerprint density at radius 2 is 1.80 bits per heavy atom. The summed E-state index contributed by atoms with van der Waals surface area (Å²) >= 11 is 0. The van der Waals surface area contributed by atoms with Crippen LogP contribution < -0.4 is 10.9 Å². The quantitative estimate of drug-likeness (QED) is 0.655. The summed E-state index contributed by atoms with van der Waals surface area (Å²) in [5.74, 6) is -0.460. The molecule has 156 valence electrons. The minimum absolute atomic E-state index is 0.0807. The van der Waals surface area contributed by atoms with Gasteiger partial charge in [0.1, 0.15) is 6.54 Å². The van der Waals surface area contributed by atoms with Gasteiger partial charge in [-0.1, -0.05) is 37.3 Å². The molecule has 1 N–H and O–H groups in total. The van der Waals surface area contributed by atoms with Gasteiger partial charge in [-0.3, -0.25) is 9.59 Å². The molecule has 1 heterocycles. The Hall–Kier alpha value is -3.26. The summed E-state index contributed by atoms with van der Waals surface area (Å²) in [4.78, 5) is 24.8. The monoisotopic (exact) mass is 425 g/mol. The lowest BCUT2D eigenvalue weighted by Gasteiger charge is -2.13. The number of anilines is 1. The average molecular weight is 426 g/mol. The molecular weight excluding hydrogens is 402 g/mol. The predicted molar refractivity (Wildman–Crippen MR) is 114 cm³/mol. The fourth-order valence-corrected chi connectivity index (χ4v) is 4.40. The summed E-state index contributed by atoms with van der Waals surface area (Å²) in [6.45, 7) is 5.26. The Labute approximate surface area is 175 Å². The molecule has 0 atom stereocenters. The van der Waals surface area contributed by atoms with Gasteiger partial charge in [-0.2, -0.15) is 5.10 Å². The molecule has 0 saturated carbocycles. The Balaban J connectivity index is 1.90. The van der Waals surface area contributed by atoms with E-state index in [0.717, 1.165) is 39.9 Å². The van der Waals surface area contributed by atoms with E-state index in [1.807, 2.05) is 32.0 Å². The van der Waals surface area contributed by atoms with E-state index in [9.17, 15) is 18.0 Å². The molecule has 0 fully saturated rings. The van der Waals surface area contributed by atoms with E-state index in [1.54, 1.807) is 19.1 Å². The number of hydrogen-bond acceptors (Lipinski definition) is 5. The Morgan fingerprint density at radius 1 is 1.07 bits per heavy atom. The predicted octanol–water partition coefficient (Wildman–Crippen LogP) is 2.89. The first-order valence-electron chi connectivity index (χ1n) is 9.50. The fourth-order valence-electron chi connectivity index (χ4n) is 3.11. The second kappa shape index (κ2) is 8.62. The number of carbonyl (C=O) groups excluding carboxylic acids is 1. The summed E-state index contributed by atoms with van der Waals surface area (Å²) < 4.78 is 26.6.